The first kappa shape index (κ1) is 28.1. The van der Waals surface area contributed by atoms with Gasteiger partial charge < -0.3 is 20.7 Å². The fourth-order valence-electron chi connectivity index (χ4n) is 4.52. The van der Waals surface area contributed by atoms with Crippen LogP contribution in [0.25, 0.3) is 10.9 Å². The molecule has 0 aliphatic carbocycles. The quantitative estimate of drug-likeness (QED) is 0.186. The van der Waals surface area contributed by atoms with Gasteiger partial charge in [0, 0.05) is 34.8 Å². The number of fused-ring (bicyclic) bond motifs is 1. The molecule has 5 rings (SSSR count). The monoisotopic (exact) mass is 581 g/mol. The van der Waals surface area contributed by atoms with E-state index in [1.807, 2.05) is 30.3 Å². The lowest BCUT2D eigenvalue weighted by Crippen LogP contribution is -2.37. The number of rotatable bonds is 9. The van der Waals surface area contributed by atoms with Gasteiger partial charge in [0.15, 0.2) is 5.88 Å². The third kappa shape index (κ3) is 6.01. The van der Waals surface area contributed by atoms with E-state index in [4.69, 9.17) is 10.7 Å². The molecule has 1 heterocycles. The number of carbonyl (C=O) groups excluding carboxylic acids is 2. The summed E-state index contributed by atoms with van der Waals surface area (Å²) in [6.45, 7) is 1.08. The summed E-state index contributed by atoms with van der Waals surface area (Å²) in [6.07, 6.45) is 0. The van der Waals surface area contributed by atoms with Gasteiger partial charge in [-0.2, -0.15) is 0 Å². The van der Waals surface area contributed by atoms with E-state index in [0.29, 0.717) is 44.8 Å². The van der Waals surface area contributed by atoms with Crippen LogP contribution in [0.5, 0.6) is 5.88 Å². The molecule has 2 amide bonds. The highest BCUT2D eigenvalue weighted by Crippen LogP contribution is 2.33. The first-order valence-corrected chi connectivity index (χ1v) is 14.3. The van der Waals surface area contributed by atoms with E-state index in [2.05, 4.69) is 9.71 Å². The van der Waals surface area contributed by atoms with Gasteiger partial charge in [-0.3, -0.25) is 14.3 Å². The fraction of sp³-hybridized carbons (Fsp3) is 0.0645. The number of aromatic amines is 1. The summed E-state index contributed by atoms with van der Waals surface area (Å²) >= 11 is 0. The van der Waals surface area contributed by atoms with Crippen molar-refractivity contribution in [2.45, 2.75) is 11.8 Å². The summed E-state index contributed by atoms with van der Waals surface area (Å²) in [5.41, 5.74) is 8.57. The number of aromatic nitrogens is 1. The number of amides is 2. The molecule has 0 saturated heterocycles. The predicted molar refractivity (Wildman–Crippen MR) is 163 cm³/mol. The third-order valence-electron chi connectivity index (χ3n) is 6.47. The molecule has 10 nitrogen and oxygen atoms in total. The van der Waals surface area contributed by atoms with Crippen LogP contribution in [0.15, 0.2) is 113 Å². The van der Waals surface area contributed by atoms with E-state index in [1.165, 1.54) is 24.0 Å². The maximum Gasteiger partial charge on any atom is 0.261 e. The van der Waals surface area contributed by atoms with Crippen LogP contribution in [0.4, 0.5) is 17.1 Å². The van der Waals surface area contributed by atoms with Crippen molar-refractivity contribution in [2.75, 3.05) is 16.2 Å². The SMILES string of the molecule is CC(=O)N(CC(N)=O)c1ccc(N=C(c2ccccc2)c2c(O)[nH]c3ccc(S(=O)(=O)Nc4ccccc4)cc23)cc1. The van der Waals surface area contributed by atoms with Gasteiger partial charge in [0.05, 0.1) is 21.9 Å². The Hall–Kier alpha value is -5.42. The van der Waals surface area contributed by atoms with Gasteiger partial charge >= 0.3 is 0 Å². The number of hydrogen-bond donors (Lipinski definition) is 4. The number of sulfonamides is 1. The lowest BCUT2D eigenvalue weighted by molar-refractivity contribution is -0.121. The number of nitrogens with one attached hydrogen (secondary N) is 2. The van der Waals surface area contributed by atoms with Gasteiger partial charge in [-0.25, -0.2) is 13.4 Å². The first-order valence-electron chi connectivity index (χ1n) is 12.9. The second kappa shape index (κ2) is 11.6. The topological polar surface area (TPSA) is 158 Å². The smallest absolute Gasteiger partial charge is 0.261 e. The van der Waals surface area contributed by atoms with Crippen molar-refractivity contribution in [3.63, 3.8) is 0 Å². The number of nitrogens with zero attached hydrogens (tertiary/aromatic N) is 2. The van der Waals surface area contributed by atoms with E-state index in [-0.39, 0.29) is 23.2 Å². The molecule has 0 aliphatic rings. The fourth-order valence-corrected chi connectivity index (χ4v) is 5.61. The Labute approximate surface area is 242 Å². The van der Waals surface area contributed by atoms with Crippen LogP contribution in [-0.4, -0.2) is 42.6 Å². The Balaban J connectivity index is 1.61. The molecular weight excluding hydrogens is 554 g/mol. The third-order valence-corrected chi connectivity index (χ3v) is 7.85. The molecule has 0 fully saturated rings. The molecule has 42 heavy (non-hydrogen) atoms. The van der Waals surface area contributed by atoms with Crippen molar-refractivity contribution in [1.29, 1.82) is 0 Å². The standard InChI is InChI=1S/C31H27N5O5S/c1-20(37)36(19-28(32)38)24-14-12-22(13-15-24)33-30(21-8-4-2-5-9-21)29-26-18-25(16-17-27(26)34-31(29)39)42(40,41)35-23-10-6-3-7-11-23/h2-18,34-35,39H,19H2,1H3,(H2,32,38). The van der Waals surface area contributed by atoms with Gasteiger partial charge in [-0.15, -0.1) is 0 Å². The average Bonchev–Trinajstić information content (AvgIpc) is 3.30. The largest absolute Gasteiger partial charge is 0.494 e. The van der Waals surface area contributed by atoms with Crippen LogP contribution < -0.4 is 15.4 Å². The minimum Gasteiger partial charge on any atom is -0.494 e. The number of anilines is 2. The second-order valence-corrected chi connectivity index (χ2v) is 11.1. The highest BCUT2D eigenvalue weighted by atomic mass is 32.2. The number of nitrogens with two attached hydrogens (primary N) is 1. The molecular formula is C31H27N5O5S. The highest BCUT2D eigenvalue weighted by molar-refractivity contribution is 7.92. The van der Waals surface area contributed by atoms with Crippen molar-refractivity contribution >= 4 is 55.5 Å². The zero-order valence-electron chi connectivity index (χ0n) is 22.5. The average molecular weight is 582 g/mol. The number of carbonyl (C=O) groups is 2. The van der Waals surface area contributed by atoms with Gasteiger partial charge in [0.1, 0.15) is 6.54 Å². The summed E-state index contributed by atoms with van der Waals surface area (Å²) in [4.78, 5) is 32.5. The summed E-state index contributed by atoms with van der Waals surface area (Å²) in [7, 11) is -3.94. The van der Waals surface area contributed by atoms with Crippen LogP contribution in [0.1, 0.15) is 18.1 Å². The van der Waals surface area contributed by atoms with Crippen molar-refractivity contribution in [3.05, 3.63) is 114 Å². The molecule has 4 aromatic carbocycles. The molecule has 11 heteroatoms. The van der Waals surface area contributed by atoms with E-state index in [1.54, 1.807) is 60.7 Å². The lowest BCUT2D eigenvalue weighted by Gasteiger charge is -2.19. The van der Waals surface area contributed by atoms with Gasteiger partial charge in [-0.05, 0) is 54.6 Å². The molecule has 0 unspecified atom stereocenters. The van der Waals surface area contributed by atoms with E-state index < -0.39 is 15.9 Å². The molecule has 5 aromatic rings. The molecule has 0 radical (unpaired) electrons. The Morgan fingerprint density at radius 3 is 2.19 bits per heavy atom. The molecule has 0 atom stereocenters. The Kier molecular flexibility index (Phi) is 7.76. The van der Waals surface area contributed by atoms with E-state index in [9.17, 15) is 23.1 Å². The Bertz CT molecular complexity index is 1900. The molecule has 0 bridgehead atoms. The van der Waals surface area contributed by atoms with Crippen molar-refractivity contribution in [3.8, 4) is 5.88 Å². The number of para-hydroxylation sites is 1. The molecule has 212 valence electrons. The summed E-state index contributed by atoms with van der Waals surface area (Å²) < 4.78 is 29.0. The first-order chi connectivity index (χ1) is 20.1. The summed E-state index contributed by atoms with van der Waals surface area (Å²) in [6, 6.07) is 28.9. The van der Waals surface area contributed by atoms with Crippen molar-refractivity contribution < 1.29 is 23.1 Å². The van der Waals surface area contributed by atoms with Crippen LogP contribution in [0.3, 0.4) is 0 Å². The Morgan fingerprint density at radius 2 is 1.57 bits per heavy atom. The Morgan fingerprint density at radius 1 is 0.929 bits per heavy atom. The number of H-pyrrole nitrogens is 1. The number of primary amides is 1. The van der Waals surface area contributed by atoms with Crippen molar-refractivity contribution in [1.82, 2.24) is 4.98 Å². The van der Waals surface area contributed by atoms with E-state index >= 15 is 0 Å². The van der Waals surface area contributed by atoms with Crippen LogP contribution >= 0.6 is 0 Å². The minimum atomic E-state index is -3.94. The van der Waals surface area contributed by atoms with Gasteiger partial charge in [0.2, 0.25) is 11.8 Å². The number of aliphatic imine (C=N–C) groups is 1. The number of hydrogen-bond acceptors (Lipinski definition) is 6. The highest BCUT2D eigenvalue weighted by Gasteiger charge is 2.22. The summed E-state index contributed by atoms with van der Waals surface area (Å²) in [5.74, 6) is -1.17. The van der Waals surface area contributed by atoms with Gasteiger partial charge in [-0.1, -0.05) is 48.5 Å². The van der Waals surface area contributed by atoms with Gasteiger partial charge in [0.25, 0.3) is 10.0 Å². The van der Waals surface area contributed by atoms with E-state index in [0.717, 1.165) is 0 Å². The van der Waals surface area contributed by atoms with Crippen molar-refractivity contribution in [2.24, 2.45) is 10.7 Å². The molecule has 5 N–H and O–H groups in total. The van der Waals surface area contributed by atoms with Crippen LogP contribution in [0, 0.1) is 0 Å². The summed E-state index contributed by atoms with van der Waals surface area (Å²) in [5, 5.41) is 11.5. The predicted octanol–water partition coefficient (Wildman–Crippen LogP) is 4.68. The normalized spacial score (nSPS) is 11.8. The second-order valence-electron chi connectivity index (χ2n) is 9.44. The number of benzene rings is 4. The molecule has 1 aromatic heterocycles. The van der Waals surface area contributed by atoms with Crippen LogP contribution in [0.2, 0.25) is 0 Å². The zero-order chi connectivity index (χ0) is 29.9. The number of aromatic hydroxyl groups is 1. The zero-order valence-corrected chi connectivity index (χ0v) is 23.3. The molecule has 0 aliphatic heterocycles. The van der Waals surface area contributed by atoms with Crippen LogP contribution in [-0.2, 0) is 19.6 Å². The maximum absolute atomic E-state index is 13.2. The molecule has 0 spiro atoms. The minimum absolute atomic E-state index is 0.00893. The maximum atomic E-state index is 13.2. The lowest BCUT2D eigenvalue weighted by atomic mass is 10.0. The molecule has 0 saturated carbocycles.